The first kappa shape index (κ1) is 16.6. The van der Waals surface area contributed by atoms with E-state index >= 15 is 0 Å². The van der Waals surface area contributed by atoms with E-state index < -0.39 is 11.7 Å². The van der Waals surface area contributed by atoms with Gasteiger partial charge in [-0.2, -0.15) is 0 Å². The molecule has 0 bridgehead atoms. The van der Waals surface area contributed by atoms with Gasteiger partial charge in [-0.3, -0.25) is 0 Å². The molecular formula is C10H15ClN4O4S. The van der Waals surface area contributed by atoms with Gasteiger partial charge in [0, 0.05) is 12.3 Å². The summed E-state index contributed by atoms with van der Waals surface area (Å²) in [6.07, 6.45) is -0.494. The summed E-state index contributed by atoms with van der Waals surface area (Å²) in [4.78, 5) is 11.4. The van der Waals surface area contributed by atoms with Crippen LogP contribution in [0.2, 0.25) is 0 Å². The van der Waals surface area contributed by atoms with Crippen LogP contribution in [0.5, 0.6) is 0 Å². The third-order valence-corrected chi connectivity index (χ3v) is 2.95. The first-order valence-corrected chi connectivity index (χ1v) is 7.00. The molecule has 20 heavy (non-hydrogen) atoms. The minimum atomic E-state index is -0.536. The van der Waals surface area contributed by atoms with Crippen molar-refractivity contribution in [1.29, 1.82) is 0 Å². The van der Waals surface area contributed by atoms with Crippen LogP contribution in [0.3, 0.4) is 0 Å². The minimum absolute atomic E-state index is 0.149. The van der Waals surface area contributed by atoms with Gasteiger partial charge >= 0.3 is 6.09 Å². The highest BCUT2D eigenvalue weighted by atomic mass is 35.5. The monoisotopic (exact) mass is 322 g/mol. The third-order valence-electron chi connectivity index (χ3n) is 1.75. The number of halogens is 1. The number of alkyl carbamates (subject to hydrolysis) is 1. The zero-order valence-corrected chi connectivity index (χ0v) is 12.8. The molecule has 0 fully saturated rings. The summed E-state index contributed by atoms with van der Waals surface area (Å²) in [6.45, 7) is 5.71. The summed E-state index contributed by atoms with van der Waals surface area (Å²) in [5.74, 6) is 0.496. The number of ether oxygens (including phenoxy) is 1. The van der Waals surface area contributed by atoms with Crippen LogP contribution < -0.4 is 5.32 Å². The number of carbonyl (C=O) groups is 1. The second kappa shape index (κ2) is 7.34. The standard InChI is InChI=1S/C10H15ClN4O4S/c1-10(2,3)18-9(16)12-4-5-20-8-6(7(11)13-17)14-19-15-8/h17H,4-5H2,1-3H3,(H,12,16). The molecule has 1 aromatic rings. The van der Waals surface area contributed by atoms with Crippen molar-refractivity contribution in [2.45, 2.75) is 31.4 Å². The lowest BCUT2D eigenvalue weighted by molar-refractivity contribution is 0.0531. The lowest BCUT2D eigenvalue weighted by Gasteiger charge is -2.19. The number of hydrogen-bond donors (Lipinski definition) is 2. The summed E-state index contributed by atoms with van der Waals surface area (Å²) in [5.41, 5.74) is -0.387. The van der Waals surface area contributed by atoms with Gasteiger partial charge in [-0.1, -0.05) is 28.5 Å². The molecule has 10 heteroatoms. The van der Waals surface area contributed by atoms with Crippen molar-refractivity contribution >= 4 is 34.6 Å². The zero-order chi connectivity index (χ0) is 15.2. The van der Waals surface area contributed by atoms with E-state index in [9.17, 15) is 4.79 Å². The topological polar surface area (TPSA) is 110 Å². The lowest BCUT2D eigenvalue weighted by atomic mass is 10.2. The molecule has 0 saturated carbocycles. The number of nitrogens with zero attached hydrogens (tertiary/aromatic N) is 3. The number of nitrogens with one attached hydrogen (secondary N) is 1. The van der Waals surface area contributed by atoms with Gasteiger partial charge in [-0.15, -0.1) is 0 Å². The van der Waals surface area contributed by atoms with Crippen LogP contribution in [0, 0.1) is 0 Å². The minimum Gasteiger partial charge on any atom is -0.444 e. The summed E-state index contributed by atoms with van der Waals surface area (Å²) in [7, 11) is 0. The van der Waals surface area contributed by atoms with Crippen LogP contribution in [0.1, 0.15) is 26.5 Å². The van der Waals surface area contributed by atoms with Gasteiger partial charge in [0.1, 0.15) is 5.60 Å². The highest BCUT2D eigenvalue weighted by Crippen LogP contribution is 2.20. The Hall–Kier alpha value is -1.48. The van der Waals surface area contributed by atoms with Crippen molar-refractivity contribution in [3.8, 4) is 0 Å². The number of amides is 1. The Morgan fingerprint density at radius 2 is 2.25 bits per heavy atom. The molecule has 0 saturated heterocycles. The Bertz CT molecular complexity index is 486. The van der Waals surface area contributed by atoms with Crippen LogP contribution in [0.15, 0.2) is 14.8 Å². The van der Waals surface area contributed by atoms with Crippen LogP contribution in [-0.4, -0.2) is 44.7 Å². The number of thioether (sulfide) groups is 1. The van der Waals surface area contributed by atoms with Crippen molar-refractivity contribution in [2.75, 3.05) is 12.3 Å². The molecule has 0 aliphatic carbocycles. The van der Waals surface area contributed by atoms with Gasteiger partial charge in [0.25, 0.3) is 0 Å². The van der Waals surface area contributed by atoms with Gasteiger partial charge in [0.15, 0.2) is 15.9 Å². The van der Waals surface area contributed by atoms with Gasteiger partial charge in [-0.05, 0) is 31.1 Å². The predicted molar refractivity (Wildman–Crippen MR) is 73.4 cm³/mol. The van der Waals surface area contributed by atoms with Crippen LogP contribution in [-0.2, 0) is 4.74 Å². The maximum Gasteiger partial charge on any atom is 0.407 e. The Kier molecular flexibility index (Phi) is 6.08. The quantitative estimate of drug-likeness (QED) is 0.281. The van der Waals surface area contributed by atoms with E-state index in [1.807, 2.05) is 0 Å². The summed E-state index contributed by atoms with van der Waals surface area (Å²) >= 11 is 6.85. The van der Waals surface area contributed by atoms with E-state index in [1.54, 1.807) is 20.8 Å². The Morgan fingerprint density at radius 1 is 1.55 bits per heavy atom. The summed E-state index contributed by atoms with van der Waals surface area (Å²) in [5, 5.41) is 21.2. The first-order valence-electron chi connectivity index (χ1n) is 5.63. The van der Waals surface area contributed by atoms with E-state index in [0.29, 0.717) is 17.3 Å². The molecule has 1 rings (SSSR count). The summed E-state index contributed by atoms with van der Waals surface area (Å²) < 4.78 is 9.58. The molecule has 8 nitrogen and oxygen atoms in total. The molecule has 0 radical (unpaired) electrons. The normalized spacial score (nSPS) is 12.3. The molecule has 1 aromatic heterocycles. The first-order chi connectivity index (χ1) is 9.33. The van der Waals surface area contributed by atoms with Crippen molar-refractivity contribution < 1.29 is 19.4 Å². The SMILES string of the molecule is CC(C)(C)OC(=O)NCCSc1nonc1C(Cl)=NO. The number of aromatic nitrogens is 2. The van der Waals surface area contributed by atoms with Crippen molar-refractivity contribution in [2.24, 2.45) is 5.16 Å². The molecule has 1 heterocycles. The number of oxime groups is 1. The molecule has 0 aromatic carbocycles. The fourth-order valence-electron chi connectivity index (χ4n) is 1.06. The van der Waals surface area contributed by atoms with E-state index in [0.717, 1.165) is 0 Å². The molecule has 1 amide bonds. The molecule has 0 spiro atoms. The smallest absolute Gasteiger partial charge is 0.407 e. The second-order valence-electron chi connectivity index (χ2n) is 4.59. The van der Waals surface area contributed by atoms with Crippen LogP contribution >= 0.6 is 23.4 Å². The van der Waals surface area contributed by atoms with Gasteiger partial charge in [0.05, 0.1) is 0 Å². The average Bonchev–Trinajstić information content (AvgIpc) is 2.79. The van der Waals surface area contributed by atoms with Gasteiger partial charge in [-0.25, -0.2) is 9.42 Å². The second-order valence-corrected chi connectivity index (χ2v) is 6.03. The number of hydrogen-bond acceptors (Lipinski definition) is 8. The fourth-order valence-corrected chi connectivity index (χ4v) is 2.00. The Balaban J connectivity index is 2.35. The highest BCUT2D eigenvalue weighted by Gasteiger charge is 2.17. The van der Waals surface area contributed by atoms with Gasteiger partial charge < -0.3 is 15.3 Å². The molecule has 0 aliphatic heterocycles. The average molecular weight is 323 g/mol. The van der Waals surface area contributed by atoms with E-state index in [2.05, 4.69) is 25.4 Å². The molecule has 0 unspecified atom stereocenters. The van der Waals surface area contributed by atoms with Crippen LogP contribution in [0.25, 0.3) is 0 Å². The van der Waals surface area contributed by atoms with E-state index in [-0.39, 0.29) is 10.9 Å². The largest absolute Gasteiger partial charge is 0.444 e. The predicted octanol–water partition coefficient (Wildman–Crippen LogP) is 2.06. The highest BCUT2D eigenvalue weighted by molar-refractivity contribution is 7.99. The van der Waals surface area contributed by atoms with Crippen molar-refractivity contribution in [3.63, 3.8) is 0 Å². The lowest BCUT2D eigenvalue weighted by Crippen LogP contribution is -2.33. The van der Waals surface area contributed by atoms with E-state index in [1.165, 1.54) is 11.8 Å². The molecular weight excluding hydrogens is 308 g/mol. The Morgan fingerprint density at radius 3 is 2.85 bits per heavy atom. The molecule has 112 valence electrons. The molecule has 2 N–H and O–H groups in total. The Labute approximate surface area is 124 Å². The van der Waals surface area contributed by atoms with Gasteiger partial charge in [0.2, 0.25) is 0 Å². The zero-order valence-electron chi connectivity index (χ0n) is 11.2. The maximum atomic E-state index is 11.4. The maximum absolute atomic E-state index is 11.4. The van der Waals surface area contributed by atoms with Crippen molar-refractivity contribution in [3.05, 3.63) is 5.69 Å². The fraction of sp³-hybridized carbons (Fsp3) is 0.600. The molecule has 0 atom stereocenters. The third kappa shape index (κ3) is 5.66. The van der Waals surface area contributed by atoms with Crippen LogP contribution in [0.4, 0.5) is 4.79 Å². The number of rotatable bonds is 5. The van der Waals surface area contributed by atoms with E-state index in [4.69, 9.17) is 21.5 Å². The summed E-state index contributed by atoms with van der Waals surface area (Å²) in [6, 6.07) is 0. The van der Waals surface area contributed by atoms with Crippen molar-refractivity contribution in [1.82, 2.24) is 15.6 Å². The number of carbonyl (C=O) groups excluding carboxylic acids is 1. The molecule has 0 aliphatic rings.